The third-order valence-electron chi connectivity index (χ3n) is 3.48. The molecule has 128 valence electrons. The van der Waals surface area contributed by atoms with Gasteiger partial charge in [-0.15, -0.1) is 0 Å². The van der Waals surface area contributed by atoms with Crippen LogP contribution in [-0.4, -0.2) is 13.1 Å². The number of rotatable bonds is 4. The number of hydrogen-bond acceptors (Lipinski definition) is 5. The molecule has 0 amide bonds. The van der Waals surface area contributed by atoms with E-state index in [0.717, 1.165) is 6.07 Å². The maximum atomic E-state index is 13.6. The number of esters is 1. The van der Waals surface area contributed by atoms with Gasteiger partial charge >= 0.3 is 5.97 Å². The van der Waals surface area contributed by atoms with E-state index in [-0.39, 0.29) is 29.1 Å². The smallest absolute Gasteiger partial charge is 0.374 e. The standard InChI is InChI=1S/C18H12ClFO5/c1-23-16-4-2-10(6-13(16)20)9-24-18(22)17-8-14(21)12-7-11(19)3-5-15(12)25-17/h2-8H,9H2,1H3. The van der Waals surface area contributed by atoms with Gasteiger partial charge in [-0.3, -0.25) is 4.79 Å². The first-order valence-electron chi connectivity index (χ1n) is 7.21. The van der Waals surface area contributed by atoms with Crippen LogP contribution in [0.3, 0.4) is 0 Å². The van der Waals surface area contributed by atoms with Crippen molar-refractivity contribution in [3.05, 3.63) is 74.9 Å². The Morgan fingerprint density at radius 2 is 2.00 bits per heavy atom. The van der Waals surface area contributed by atoms with E-state index in [0.29, 0.717) is 10.6 Å². The van der Waals surface area contributed by atoms with Gasteiger partial charge in [0.05, 0.1) is 12.5 Å². The van der Waals surface area contributed by atoms with Gasteiger partial charge in [0.2, 0.25) is 5.76 Å². The molecule has 0 unspecified atom stereocenters. The van der Waals surface area contributed by atoms with Gasteiger partial charge in [0.25, 0.3) is 0 Å². The Balaban J connectivity index is 1.79. The predicted octanol–water partition coefficient (Wildman–Crippen LogP) is 3.95. The molecule has 1 aromatic heterocycles. The van der Waals surface area contributed by atoms with Crippen molar-refractivity contribution < 1.29 is 23.1 Å². The Kier molecular flexibility index (Phi) is 4.72. The molecule has 3 rings (SSSR count). The molecule has 3 aromatic rings. The Morgan fingerprint density at radius 3 is 2.72 bits per heavy atom. The summed E-state index contributed by atoms with van der Waals surface area (Å²) in [6, 6.07) is 9.72. The lowest BCUT2D eigenvalue weighted by atomic mass is 10.2. The summed E-state index contributed by atoms with van der Waals surface area (Å²) in [5, 5.41) is 0.651. The maximum absolute atomic E-state index is 13.6. The van der Waals surface area contributed by atoms with Crippen LogP contribution in [0, 0.1) is 5.82 Å². The quantitative estimate of drug-likeness (QED) is 0.657. The zero-order chi connectivity index (χ0) is 18.0. The molecular weight excluding hydrogens is 351 g/mol. The summed E-state index contributed by atoms with van der Waals surface area (Å²) < 4.78 is 28.9. The van der Waals surface area contributed by atoms with Crippen molar-refractivity contribution in [2.45, 2.75) is 6.61 Å². The molecule has 7 heteroatoms. The first-order chi connectivity index (χ1) is 12.0. The number of halogens is 2. The first-order valence-corrected chi connectivity index (χ1v) is 7.58. The third kappa shape index (κ3) is 3.64. The lowest BCUT2D eigenvalue weighted by Crippen LogP contribution is -2.10. The molecule has 0 aliphatic carbocycles. The SMILES string of the molecule is COc1ccc(COC(=O)c2cc(=O)c3cc(Cl)ccc3o2)cc1F. The van der Waals surface area contributed by atoms with Gasteiger partial charge < -0.3 is 13.9 Å². The molecule has 5 nitrogen and oxygen atoms in total. The van der Waals surface area contributed by atoms with Crippen molar-refractivity contribution in [1.82, 2.24) is 0 Å². The van der Waals surface area contributed by atoms with Crippen molar-refractivity contribution >= 4 is 28.5 Å². The highest BCUT2D eigenvalue weighted by atomic mass is 35.5. The molecule has 0 saturated heterocycles. The second kappa shape index (κ2) is 6.94. The number of methoxy groups -OCH3 is 1. The van der Waals surface area contributed by atoms with Gasteiger partial charge in [-0.1, -0.05) is 17.7 Å². The molecule has 0 radical (unpaired) electrons. The minimum atomic E-state index is -0.829. The van der Waals surface area contributed by atoms with Crippen LogP contribution in [0.2, 0.25) is 5.02 Å². The van der Waals surface area contributed by atoms with Crippen LogP contribution in [0.25, 0.3) is 11.0 Å². The Morgan fingerprint density at radius 1 is 1.20 bits per heavy atom. The zero-order valence-electron chi connectivity index (χ0n) is 13.0. The average molecular weight is 363 g/mol. The second-order valence-electron chi connectivity index (χ2n) is 5.16. The molecule has 0 N–H and O–H groups in total. The predicted molar refractivity (Wildman–Crippen MR) is 89.6 cm³/mol. The summed E-state index contributed by atoms with van der Waals surface area (Å²) in [6.45, 7) is -0.178. The van der Waals surface area contributed by atoms with E-state index in [1.54, 1.807) is 12.1 Å². The van der Waals surface area contributed by atoms with Gasteiger partial charge in [-0.2, -0.15) is 0 Å². The minimum Gasteiger partial charge on any atom is -0.494 e. The zero-order valence-corrected chi connectivity index (χ0v) is 13.8. The highest BCUT2D eigenvalue weighted by molar-refractivity contribution is 6.31. The van der Waals surface area contributed by atoms with Crippen LogP contribution < -0.4 is 10.2 Å². The van der Waals surface area contributed by atoms with E-state index in [4.69, 9.17) is 25.5 Å². The van der Waals surface area contributed by atoms with Crippen LogP contribution in [0.15, 0.2) is 51.7 Å². The molecule has 0 aliphatic heterocycles. The molecule has 0 saturated carbocycles. The van der Waals surface area contributed by atoms with Crippen molar-refractivity contribution in [2.24, 2.45) is 0 Å². The average Bonchev–Trinajstić information content (AvgIpc) is 2.60. The normalized spacial score (nSPS) is 10.7. The van der Waals surface area contributed by atoms with E-state index in [2.05, 4.69) is 0 Å². The van der Waals surface area contributed by atoms with Crippen LogP contribution in [0.4, 0.5) is 4.39 Å². The Labute approximate surface area is 146 Å². The van der Waals surface area contributed by atoms with E-state index in [1.165, 1.54) is 31.4 Å². The summed E-state index contributed by atoms with van der Waals surface area (Å²) in [5.74, 6) is -1.54. The molecule has 25 heavy (non-hydrogen) atoms. The molecular formula is C18H12ClFO5. The summed E-state index contributed by atoms with van der Waals surface area (Å²) in [5.41, 5.74) is 0.243. The van der Waals surface area contributed by atoms with Gasteiger partial charge in [0.15, 0.2) is 17.0 Å². The number of ether oxygens (including phenoxy) is 2. The lowest BCUT2D eigenvalue weighted by molar-refractivity contribution is 0.0436. The Hall–Kier alpha value is -2.86. The van der Waals surface area contributed by atoms with Crippen molar-refractivity contribution in [2.75, 3.05) is 7.11 Å². The molecule has 0 aliphatic rings. The van der Waals surface area contributed by atoms with Crippen molar-refractivity contribution in [1.29, 1.82) is 0 Å². The number of benzene rings is 2. The fourth-order valence-electron chi connectivity index (χ4n) is 2.25. The lowest BCUT2D eigenvalue weighted by Gasteiger charge is -2.07. The number of carbonyl (C=O) groups is 1. The molecule has 0 fully saturated rings. The van der Waals surface area contributed by atoms with E-state index >= 15 is 0 Å². The minimum absolute atomic E-state index is 0.0919. The molecule has 0 spiro atoms. The van der Waals surface area contributed by atoms with Crippen LogP contribution in [0.1, 0.15) is 16.1 Å². The number of carbonyl (C=O) groups excluding carboxylic acids is 1. The summed E-state index contributed by atoms with van der Waals surface area (Å²) in [7, 11) is 1.35. The van der Waals surface area contributed by atoms with Gasteiger partial charge in [0, 0.05) is 11.1 Å². The number of hydrogen-bond donors (Lipinski definition) is 0. The van der Waals surface area contributed by atoms with Gasteiger partial charge in [-0.05, 0) is 35.9 Å². The molecule has 0 bridgehead atoms. The van der Waals surface area contributed by atoms with Gasteiger partial charge in [0.1, 0.15) is 12.2 Å². The molecule has 2 aromatic carbocycles. The van der Waals surface area contributed by atoms with Gasteiger partial charge in [-0.25, -0.2) is 9.18 Å². The molecule has 1 heterocycles. The van der Waals surface area contributed by atoms with E-state index < -0.39 is 17.2 Å². The Bertz CT molecular complexity index is 1010. The van der Waals surface area contributed by atoms with Crippen molar-refractivity contribution in [3.63, 3.8) is 0 Å². The van der Waals surface area contributed by atoms with E-state index in [1.807, 2.05) is 0 Å². The summed E-state index contributed by atoms with van der Waals surface area (Å²) >= 11 is 5.83. The summed E-state index contributed by atoms with van der Waals surface area (Å²) in [6.07, 6.45) is 0. The van der Waals surface area contributed by atoms with E-state index in [9.17, 15) is 14.0 Å². The fourth-order valence-corrected chi connectivity index (χ4v) is 2.42. The highest BCUT2D eigenvalue weighted by Gasteiger charge is 2.15. The first kappa shape index (κ1) is 17.0. The van der Waals surface area contributed by atoms with Crippen LogP contribution in [0.5, 0.6) is 5.75 Å². The summed E-state index contributed by atoms with van der Waals surface area (Å²) in [4.78, 5) is 24.1. The monoisotopic (exact) mass is 362 g/mol. The largest absolute Gasteiger partial charge is 0.494 e. The molecule has 0 atom stereocenters. The van der Waals surface area contributed by atoms with Crippen LogP contribution >= 0.6 is 11.6 Å². The van der Waals surface area contributed by atoms with Crippen LogP contribution in [-0.2, 0) is 11.3 Å². The maximum Gasteiger partial charge on any atom is 0.374 e. The fraction of sp³-hybridized carbons (Fsp3) is 0.111. The van der Waals surface area contributed by atoms with Crippen molar-refractivity contribution in [3.8, 4) is 5.75 Å². The highest BCUT2D eigenvalue weighted by Crippen LogP contribution is 2.20. The number of fused-ring (bicyclic) bond motifs is 1. The second-order valence-corrected chi connectivity index (χ2v) is 5.60. The third-order valence-corrected chi connectivity index (χ3v) is 3.71. The topological polar surface area (TPSA) is 65.7 Å².